The summed E-state index contributed by atoms with van der Waals surface area (Å²) >= 11 is 0. The summed E-state index contributed by atoms with van der Waals surface area (Å²) in [7, 11) is 0. The highest BCUT2D eigenvalue weighted by Gasteiger charge is 2.47. The number of hydrogen-bond acceptors (Lipinski definition) is 3. The normalized spacial score (nSPS) is 22.5. The monoisotopic (exact) mass is 291 g/mol. The highest BCUT2D eigenvalue weighted by Crippen LogP contribution is 2.39. The smallest absolute Gasteiger partial charge is 0.165 e. The molecule has 1 fully saturated rings. The number of ether oxygens (including phenoxy) is 2. The van der Waals surface area contributed by atoms with Gasteiger partial charge in [-0.05, 0) is 45.9 Å². The summed E-state index contributed by atoms with van der Waals surface area (Å²) in [4.78, 5) is 0. The second kappa shape index (κ2) is 5.67. The van der Waals surface area contributed by atoms with Crippen molar-refractivity contribution in [1.29, 1.82) is 0 Å². The predicted molar refractivity (Wildman–Crippen MR) is 80.6 cm³/mol. The third-order valence-corrected chi connectivity index (χ3v) is 3.53. The van der Waals surface area contributed by atoms with Crippen molar-refractivity contribution in [2.45, 2.75) is 51.4 Å². The number of benzene rings is 1. The highest BCUT2D eigenvalue weighted by atomic mass is 19.1. The fourth-order valence-electron chi connectivity index (χ4n) is 2.67. The van der Waals surface area contributed by atoms with Crippen LogP contribution in [-0.4, -0.2) is 23.9 Å². The molecule has 1 saturated heterocycles. The summed E-state index contributed by atoms with van der Waals surface area (Å²) in [5.41, 5.74) is 5.29. The Morgan fingerprint density at radius 3 is 2.67 bits per heavy atom. The third-order valence-electron chi connectivity index (χ3n) is 3.53. The molecule has 0 radical (unpaired) electrons. The number of nitrogens with two attached hydrogens (primary N) is 1. The van der Waals surface area contributed by atoms with Gasteiger partial charge < -0.3 is 15.2 Å². The van der Waals surface area contributed by atoms with Gasteiger partial charge in [0.05, 0.1) is 12.1 Å². The average Bonchev–Trinajstić information content (AvgIpc) is 2.58. The van der Waals surface area contributed by atoms with Crippen LogP contribution in [0.2, 0.25) is 0 Å². The first-order valence-corrected chi connectivity index (χ1v) is 7.09. The summed E-state index contributed by atoms with van der Waals surface area (Å²) in [6.45, 7) is 8.21. The number of hydrogen-bond donors (Lipinski definition) is 1. The molecule has 2 rings (SSSR count). The van der Waals surface area contributed by atoms with Crippen LogP contribution in [0.15, 0.2) is 18.2 Å². The van der Waals surface area contributed by atoms with E-state index in [9.17, 15) is 4.39 Å². The molecule has 0 bridgehead atoms. The van der Waals surface area contributed by atoms with Crippen molar-refractivity contribution >= 4 is 0 Å². The lowest BCUT2D eigenvalue weighted by Gasteiger charge is -2.27. The van der Waals surface area contributed by atoms with Gasteiger partial charge in [-0.1, -0.05) is 11.8 Å². The van der Waals surface area contributed by atoms with Crippen LogP contribution in [0.3, 0.4) is 0 Å². The Morgan fingerprint density at radius 2 is 2.10 bits per heavy atom. The molecule has 1 aromatic rings. The molecule has 0 aromatic heterocycles. The van der Waals surface area contributed by atoms with E-state index in [0.717, 1.165) is 0 Å². The summed E-state index contributed by atoms with van der Waals surface area (Å²) < 4.78 is 25.8. The Balaban J connectivity index is 2.23. The zero-order chi connectivity index (χ0) is 15.7. The maximum atomic E-state index is 14.0. The molecule has 1 aromatic carbocycles. The largest absolute Gasteiger partial charge is 0.484 e. The Kier molecular flexibility index (Phi) is 4.27. The van der Waals surface area contributed by atoms with Gasteiger partial charge in [-0.25, -0.2) is 4.39 Å². The molecule has 2 N–H and O–H groups in total. The molecular formula is C17H22FNO2. The first-order chi connectivity index (χ1) is 9.73. The van der Waals surface area contributed by atoms with E-state index < -0.39 is 11.4 Å². The minimum atomic E-state index is -0.463. The molecule has 0 saturated carbocycles. The van der Waals surface area contributed by atoms with Crippen molar-refractivity contribution in [3.63, 3.8) is 0 Å². The van der Waals surface area contributed by atoms with Crippen molar-refractivity contribution in [2.75, 3.05) is 6.54 Å². The van der Waals surface area contributed by atoms with Gasteiger partial charge in [0.1, 0.15) is 11.7 Å². The summed E-state index contributed by atoms with van der Waals surface area (Å²) in [5.74, 6) is 5.44. The zero-order valence-corrected chi connectivity index (χ0v) is 13.0. The molecule has 0 spiro atoms. The first kappa shape index (κ1) is 15.8. The van der Waals surface area contributed by atoms with E-state index in [-0.39, 0.29) is 24.0 Å². The van der Waals surface area contributed by atoms with Gasteiger partial charge >= 0.3 is 0 Å². The van der Waals surface area contributed by atoms with E-state index in [1.807, 2.05) is 27.7 Å². The van der Waals surface area contributed by atoms with Crippen molar-refractivity contribution in [3.8, 4) is 17.6 Å². The first-order valence-electron chi connectivity index (χ1n) is 7.09. The zero-order valence-electron chi connectivity index (χ0n) is 13.0. The summed E-state index contributed by atoms with van der Waals surface area (Å²) in [6, 6.07) is 4.59. The Bertz CT molecular complexity index is 584. The Labute approximate surface area is 125 Å². The van der Waals surface area contributed by atoms with E-state index in [4.69, 9.17) is 15.2 Å². The third kappa shape index (κ3) is 3.75. The lowest BCUT2D eigenvalue weighted by atomic mass is 9.97. The molecule has 0 amide bonds. The van der Waals surface area contributed by atoms with Gasteiger partial charge in [-0.2, -0.15) is 0 Å². The van der Waals surface area contributed by atoms with Crippen molar-refractivity contribution in [1.82, 2.24) is 0 Å². The van der Waals surface area contributed by atoms with E-state index in [1.54, 1.807) is 12.1 Å². The summed E-state index contributed by atoms with van der Waals surface area (Å²) in [6.07, 6.45) is 0.498. The Hall–Kier alpha value is -1.57. The van der Waals surface area contributed by atoms with E-state index in [1.165, 1.54) is 6.07 Å². The minimum absolute atomic E-state index is 0.207. The molecule has 1 atom stereocenters. The fraction of sp³-hybridized carbons (Fsp3) is 0.529. The second-order valence-electron chi connectivity index (χ2n) is 6.43. The molecule has 1 unspecified atom stereocenters. The van der Waals surface area contributed by atoms with Gasteiger partial charge in [0.2, 0.25) is 0 Å². The molecule has 1 aliphatic rings. The van der Waals surface area contributed by atoms with Crippen LogP contribution in [0.25, 0.3) is 0 Å². The van der Waals surface area contributed by atoms with Gasteiger partial charge in [0.15, 0.2) is 11.6 Å². The predicted octanol–water partition coefficient (Wildman–Crippen LogP) is 2.86. The topological polar surface area (TPSA) is 44.5 Å². The van der Waals surface area contributed by atoms with E-state index in [2.05, 4.69) is 11.8 Å². The number of rotatable bonds is 2. The molecule has 0 aliphatic carbocycles. The SMILES string of the molecule is CC1(C)CC(Oc2cc(C#CCN)ccc2F)C(C)(C)O1. The van der Waals surface area contributed by atoms with Crippen LogP contribution in [-0.2, 0) is 4.74 Å². The summed E-state index contributed by atoms with van der Waals surface area (Å²) in [5, 5.41) is 0. The highest BCUT2D eigenvalue weighted by molar-refractivity contribution is 5.41. The van der Waals surface area contributed by atoms with Crippen molar-refractivity contribution < 1.29 is 13.9 Å². The van der Waals surface area contributed by atoms with Crippen molar-refractivity contribution in [3.05, 3.63) is 29.6 Å². The Morgan fingerprint density at radius 1 is 1.38 bits per heavy atom. The average molecular weight is 291 g/mol. The second-order valence-corrected chi connectivity index (χ2v) is 6.43. The molecule has 1 aliphatic heterocycles. The standard InChI is InChI=1S/C17H22FNO2/c1-16(2)11-15(17(3,4)21-16)20-14-10-12(6-5-9-19)7-8-13(14)18/h7-8,10,15H,9,11,19H2,1-4H3. The van der Waals surface area contributed by atoms with Crippen molar-refractivity contribution in [2.24, 2.45) is 5.73 Å². The van der Waals surface area contributed by atoms with Gasteiger partial charge in [0.25, 0.3) is 0 Å². The van der Waals surface area contributed by atoms with Crippen LogP contribution in [0, 0.1) is 17.7 Å². The van der Waals surface area contributed by atoms with Gasteiger partial charge in [-0.3, -0.25) is 0 Å². The lowest BCUT2D eigenvalue weighted by molar-refractivity contribution is -0.0849. The van der Waals surface area contributed by atoms with Crippen LogP contribution in [0.4, 0.5) is 4.39 Å². The van der Waals surface area contributed by atoms with E-state index in [0.29, 0.717) is 12.0 Å². The quantitative estimate of drug-likeness (QED) is 0.852. The van der Waals surface area contributed by atoms with Gasteiger partial charge in [-0.15, -0.1) is 0 Å². The minimum Gasteiger partial charge on any atom is -0.484 e. The molecule has 21 heavy (non-hydrogen) atoms. The fourth-order valence-corrected chi connectivity index (χ4v) is 2.67. The maximum absolute atomic E-state index is 14.0. The van der Waals surface area contributed by atoms with Crippen LogP contribution in [0.1, 0.15) is 39.7 Å². The maximum Gasteiger partial charge on any atom is 0.165 e. The van der Waals surface area contributed by atoms with E-state index >= 15 is 0 Å². The molecule has 1 heterocycles. The molecular weight excluding hydrogens is 269 g/mol. The lowest BCUT2D eigenvalue weighted by Crippen LogP contribution is -2.36. The molecule has 4 heteroatoms. The molecule has 3 nitrogen and oxygen atoms in total. The van der Waals surface area contributed by atoms with Crippen LogP contribution in [0.5, 0.6) is 5.75 Å². The molecule has 114 valence electrons. The van der Waals surface area contributed by atoms with Crippen LogP contribution >= 0.6 is 0 Å². The van der Waals surface area contributed by atoms with Crippen LogP contribution < -0.4 is 10.5 Å². The van der Waals surface area contributed by atoms with Gasteiger partial charge in [0, 0.05) is 12.0 Å². The number of halogens is 1.